The molecule has 0 amide bonds. The van der Waals surface area contributed by atoms with E-state index in [4.69, 9.17) is 0 Å². The molecule has 2 heteroatoms. The zero-order valence-electron chi connectivity index (χ0n) is 10.4. The van der Waals surface area contributed by atoms with E-state index in [2.05, 4.69) is 42.5 Å². The predicted octanol–water partition coefficient (Wildman–Crippen LogP) is 1.89. The van der Waals surface area contributed by atoms with Gasteiger partial charge in [-0.25, -0.2) is 9.97 Å². The molecule has 0 N–H and O–H groups in total. The van der Waals surface area contributed by atoms with Gasteiger partial charge in [-0.2, -0.15) is 0 Å². The molecule has 1 aromatic heterocycles. The topological polar surface area (TPSA) is 25.8 Å². The third kappa shape index (κ3) is 3.16. The number of aromatic nitrogens is 2. The van der Waals surface area contributed by atoms with E-state index in [1.54, 1.807) is 6.20 Å². The summed E-state index contributed by atoms with van der Waals surface area (Å²) in [6.07, 6.45) is 7.97. The lowest BCUT2D eigenvalue weighted by molar-refractivity contribution is 1.01. The van der Waals surface area contributed by atoms with Crippen LogP contribution in [0.3, 0.4) is 0 Å². The Hall–Kier alpha value is -1.70. The standard InChI is InChI=1S/C14H18N2/c1-6-10(2)11(3)7-8-14-9-15-13(5)16-12(14)4/h6-9H,4H2,1-3,5H3/b10-6+,11-7+,14-8-. The molecular formula is C14H18N2. The van der Waals surface area contributed by atoms with Gasteiger partial charge in [-0.3, -0.25) is 0 Å². The summed E-state index contributed by atoms with van der Waals surface area (Å²) in [6.45, 7) is 12.0. The van der Waals surface area contributed by atoms with Crippen LogP contribution < -0.4 is 10.6 Å². The van der Waals surface area contributed by atoms with Crippen molar-refractivity contribution in [1.82, 2.24) is 9.97 Å². The van der Waals surface area contributed by atoms with Gasteiger partial charge in [-0.15, -0.1) is 0 Å². The molecule has 0 saturated carbocycles. The van der Waals surface area contributed by atoms with Gasteiger partial charge in [0.15, 0.2) is 0 Å². The van der Waals surface area contributed by atoms with Gasteiger partial charge in [0.2, 0.25) is 0 Å². The minimum atomic E-state index is 0.757. The highest BCUT2D eigenvalue weighted by atomic mass is 14.8. The summed E-state index contributed by atoms with van der Waals surface area (Å²) in [5.41, 5.74) is 2.51. The second kappa shape index (κ2) is 5.40. The average Bonchev–Trinajstić information content (AvgIpc) is 2.26. The lowest BCUT2D eigenvalue weighted by Crippen LogP contribution is -2.27. The Morgan fingerprint density at radius 3 is 2.56 bits per heavy atom. The highest BCUT2D eigenvalue weighted by molar-refractivity contribution is 5.43. The smallest absolute Gasteiger partial charge is 0.125 e. The van der Waals surface area contributed by atoms with E-state index in [0.29, 0.717) is 0 Å². The molecule has 0 fully saturated rings. The summed E-state index contributed by atoms with van der Waals surface area (Å²) in [6, 6.07) is 0. The van der Waals surface area contributed by atoms with E-state index in [0.717, 1.165) is 16.4 Å². The normalized spacial score (nSPS) is 14.4. The second-order valence-electron chi connectivity index (χ2n) is 3.81. The quantitative estimate of drug-likeness (QED) is 0.703. The lowest BCUT2D eigenvalue weighted by Gasteiger charge is -1.97. The fourth-order valence-electron chi connectivity index (χ4n) is 1.24. The van der Waals surface area contributed by atoms with E-state index in [1.807, 2.05) is 19.9 Å². The van der Waals surface area contributed by atoms with Gasteiger partial charge in [0, 0.05) is 11.4 Å². The van der Waals surface area contributed by atoms with Crippen LogP contribution in [0.5, 0.6) is 0 Å². The second-order valence-corrected chi connectivity index (χ2v) is 3.81. The van der Waals surface area contributed by atoms with E-state index in [9.17, 15) is 0 Å². The fourth-order valence-corrected chi connectivity index (χ4v) is 1.24. The molecule has 2 nitrogen and oxygen atoms in total. The van der Waals surface area contributed by atoms with Crippen LogP contribution in [-0.2, 0) is 0 Å². The van der Waals surface area contributed by atoms with Crippen LogP contribution in [0.25, 0.3) is 12.7 Å². The molecule has 1 heterocycles. The molecule has 16 heavy (non-hydrogen) atoms. The van der Waals surface area contributed by atoms with Crippen molar-refractivity contribution in [3.8, 4) is 0 Å². The largest absolute Gasteiger partial charge is 0.241 e. The zero-order valence-corrected chi connectivity index (χ0v) is 10.4. The van der Waals surface area contributed by atoms with E-state index in [-0.39, 0.29) is 0 Å². The summed E-state index contributed by atoms with van der Waals surface area (Å²) in [5, 5.41) is 1.74. The van der Waals surface area contributed by atoms with Crippen molar-refractivity contribution in [1.29, 1.82) is 0 Å². The first-order valence-electron chi connectivity index (χ1n) is 5.35. The third-order valence-corrected chi connectivity index (χ3v) is 2.59. The van der Waals surface area contributed by atoms with Crippen molar-refractivity contribution < 1.29 is 0 Å². The summed E-state index contributed by atoms with van der Waals surface area (Å²) in [7, 11) is 0. The first kappa shape index (κ1) is 12.4. The van der Waals surface area contributed by atoms with Gasteiger partial charge >= 0.3 is 0 Å². The Kier molecular flexibility index (Phi) is 4.18. The van der Waals surface area contributed by atoms with E-state index < -0.39 is 0 Å². The molecule has 1 rings (SSSR count). The molecule has 84 valence electrons. The van der Waals surface area contributed by atoms with Crippen molar-refractivity contribution in [3.63, 3.8) is 0 Å². The van der Waals surface area contributed by atoms with Crippen LogP contribution in [-0.4, -0.2) is 9.97 Å². The van der Waals surface area contributed by atoms with Crippen LogP contribution in [0.4, 0.5) is 0 Å². The monoisotopic (exact) mass is 214 g/mol. The number of nitrogens with zero attached hydrogens (tertiary/aromatic N) is 2. The van der Waals surface area contributed by atoms with Crippen LogP contribution >= 0.6 is 0 Å². The number of hydrogen-bond acceptors (Lipinski definition) is 2. The Bertz CT molecular complexity index is 536. The molecule has 1 aromatic rings. The lowest BCUT2D eigenvalue weighted by atomic mass is 10.1. The molecule has 0 bridgehead atoms. The van der Waals surface area contributed by atoms with Crippen molar-refractivity contribution in [2.24, 2.45) is 0 Å². The minimum absolute atomic E-state index is 0.757. The van der Waals surface area contributed by atoms with Gasteiger partial charge in [0.25, 0.3) is 0 Å². The van der Waals surface area contributed by atoms with Crippen LogP contribution in [0.2, 0.25) is 0 Å². The van der Waals surface area contributed by atoms with Crippen LogP contribution in [0.1, 0.15) is 26.6 Å². The Labute approximate surface area is 96.8 Å². The molecule has 0 aliphatic carbocycles. The van der Waals surface area contributed by atoms with Gasteiger partial charge in [0.1, 0.15) is 5.82 Å². The van der Waals surface area contributed by atoms with Crippen molar-refractivity contribution in [3.05, 3.63) is 45.9 Å². The maximum Gasteiger partial charge on any atom is 0.125 e. The Morgan fingerprint density at radius 2 is 2.00 bits per heavy atom. The van der Waals surface area contributed by atoms with Crippen molar-refractivity contribution in [2.75, 3.05) is 0 Å². The molecule has 0 spiro atoms. The van der Waals surface area contributed by atoms with Crippen LogP contribution in [0.15, 0.2) is 29.5 Å². The average molecular weight is 214 g/mol. The van der Waals surface area contributed by atoms with Gasteiger partial charge in [-0.1, -0.05) is 30.4 Å². The molecule has 0 atom stereocenters. The summed E-state index contributed by atoms with van der Waals surface area (Å²) in [4.78, 5) is 8.38. The zero-order chi connectivity index (χ0) is 12.1. The van der Waals surface area contributed by atoms with E-state index in [1.165, 1.54) is 11.1 Å². The highest BCUT2D eigenvalue weighted by Gasteiger charge is 1.90. The molecular weight excluding hydrogens is 196 g/mol. The number of hydrogen-bond donors (Lipinski definition) is 0. The Morgan fingerprint density at radius 1 is 1.31 bits per heavy atom. The Balaban J connectivity index is 3.16. The molecule has 0 saturated heterocycles. The molecule has 0 aliphatic heterocycles. The number of rotatable bonds is 2. The van der Waals surface area contributed by atoms with Gasteiger partial charge in [-0.05, 0) is 33.3 Å². The predicted molar refractivity (Wildman–Crippen MR) is 69.2 cm³/mol. The van der Waals surface area contributed by atoms with Crippen molar-refractivity contribution >= 4 is 12.7 Å². The first-order chi connectivity index (χ1) is 7.54. The SMILES string of the molecule is C=c1nc(C)nc/c1=C/C=C(C)/C(C)=C/C. The number of aryl methyl sites for hydroxylation is 1. The fraction of sp³-hybridized carbons (Fsp3) is 0.286. The molecule has 0 unspecified atom stereocenters. The number of allylic oxidation sites excluding steroid dienone is 4. The maximum atomic E-state index is 4.22. The van der Waals surface area contributed by atoms with Gasteiger partial charge < -0.3 is 0 Å². The molecule has 0 aromatic carbocycles. The molecule has 0 aliphatic rings. The third-order valence-electron chi connectivity index (χ3n) is 2.59. The summed E-state index contributed by atoms with van der Waals surface area (Å²) < 4.78 is 0. The van der Waals surface area contributed by atoms with Crippen LogP contribution in [0, 0.1) is 6.92 Å². The van der Waals surface area contributed by atoms with Gasteiger partial charge in [0.05, 0.1) is 5.35 Å². The maximum absolute atomic E-state index is 4.22. The van der Waals surface area contributed by atoms with E-state index >= 15 is 0 Å². The molecule has 0 radical (unpaired) electrons. The minimum Gasteiger partial charge on any atom is -0.241 e. The summed E-state index contributed by atoms with van der Waals surface area (Å²) >= 11 is 0. The summed E-state index contributed by atoms with van der Waals surface area (Å²) in [5.74, 6) is 0.757. The first-order valence-corrected chi connectivity index (χ1v) is 5.35. The highest BCUT2D eigenvalue weighted by Crippen LogP contribution is 2.06. The van der Waals surface area contributed by atoms with Crippen molar-refractivity contribution in [2.45, 2.75) is 27.7 Å².